The van der Waals surface area contributed by atoms with Crippen LogP contribution in [0.5, 0.6) is 0 Å². The number of hydrogen-bond donors (Lipinski definition) is 2. The molecule has 1 saturated carbocycles. The van der Waals surface area contributed by atoms with Crippen molar-refractivity contribution >= 4 is 29.1 Å². The fraction of sp³-hybridized carbons (Fsp3) is 0.571. The molecular formula is C21H28N4O3. The summed E-state index contributed by atoms with van der Waals surface area (Å²) in [5.41, 5.74) is 1.33. The Morgan fingerprint density at radius 1 is 1.04 bits per heavy atom. The number of nitrogens with one attached hydrogen (secondary N) is 2. The predicted octanol–water partition coefficient (Wildman–Crippen LogP) is 1.74. The molecule has 0 atom stereocenters. The van der Waals surface area contributed by atoms with Crippen molar-refractivity contribution in [1.82, 2.24) is 10.2 Å². The lowest BCUT2D eigenvalue weighted by Gasteiger charge is -2.33. The van der Waals surface area contributed by atoms with Gasteiger partial charge in [-0.05, 0) is 50.3 Å². The molecule has 2 heterocycles. The van der Waals surface area contributed by atoms with Crippen molar-refractivity contribution in [3.8, 4) is 0 Å². The third-order valence-electron chi connectivity index (χ3n) is 5.86. The number of fused-ring (bicyclic) bond motifs is 1. The third-order valence-corrected chi connectivity index (χ3v) is 5.86. The molecule has 0 spiro atoms. The summed E-state index contributed by atoms with van der Waals surface area (Å²) in [7, 11) is 0. The molecule has 28 heavy (non-hydrogen) atoms. The average molecular weight is 384 g/mol. The number of hydrogen-bond acceptors (Lipinski definition) is 4. The molecule has 2 aliphatic heterocycles. The second-order valence-corrected chi connectivity index (χ2v) is 8.05. The number of anilines is 2. The summed E-state index contributed by atoms with van der Waals surface area (Å²) in [4.78, 5) is 40.4. The number of amides is 3. The molecule has 1 aliphatic carbocycles. The molecule has 1 aromatic carbocycles. The fourth-order valence-corrected chi connectivity index (χ4v) is 3.95. The van der Waals surface area contributed by atoms with Gasteiger partial charge in [0.25, 0.3) is 0 Å². The van der Waals surface area contributed by atoms with Crippen LogP contribution >= 0.6 is 0 Å². The summed E-state index contributed by atoms with van der Waals surface area (Å²) in [6.45, 7) is 2.62. The number of nitrogens with zero attached hydrogens (tertiary/aromatic N) is 2. The van der Waals surface area contributed by atoms with E-state index in [9.17, 15) is 14.4 Å². The Hall–Kier alpha value is -2.41. The highest BCUT2D eigenvalue weighted by Crippen LogP contribution is 2.30. The molecule has 150 valence electrons. The molecule has 7 heteroatoms. The Morgan fingerprint density at radius 2 is 1.75 bits per heavy atom. The highest BCUT2D eigenvalue weighted by molar-refractivity contribution is 6.10. The smallest absolute Gasteiger partial charge is 0.244 e. The first-order valence-electron chi connectivity index (χ1n) is 10.3. The van der Waals surface area contributed by atoms with E-state index < -0.39 is 0 Å². The van der Waals surface area contributed by atoms with Gasteiger partial charge in [-0.1, -0.05) is 12.1 Å². The highest BCUT2D eigenvalue weighted by atomic mass is 16.2. The molecule has 3 amide bonds. The predicted molar refractivity (Wildman–Crippen MR) is 107 cm³/mol. The van der Waals surface area contributed by atoms with Crippen LogP contribution in [0.4, 0.5) is 11.4 Å². The van der Waals surface area contributed by atoms with Crippen LogP contribution in [0.15, 0.2) is 24.3 Å². The van der Waals surface area contributed by atoms with Crippen LogP contribution in [-0.2, 0) is 14.4 Å². The zero-order valence-corrected chi connectivity index (χ0v) is 16.2. The third kappa shape index (κ3) is 4.52. The molecular weight excluding hydrogens is 356 g/mol. The van der Waals surface area contributed by atoms with Crippen molar-refractivity contribution in [2.45, 2.75) is 44.6 Å². The van der Waals surface area contributed by atoms with Gasteiger partial charge >= 0.3 is 0 Å². The quantitative estimate of drug-likeness (QED) is 0.783. The summed E-state index contributed by atoms with van der Waals surface area (Å²) in [5, 5.41) is 6.39. The lowest BCUT2D eigenvalue weighted by Crippen LogP contribution is -2.46. The van der Waals surface area contributed by atoms with Crippen LogP contribution in [0.2, 0.25) is 0 Å². The van der Waals surface area contributed by atoms with Crippen molar-refractivity contribution in [3.63, 3.8) is 0 Å². The standard InChI is InChI=1S/C21H28N4O3/c26-19-14-25(18-4-2-1-3-17(18)23-19)21(28)8-7-20(27)24-11-9-16(10-12-24)22-13-15-5-6-15/h1-4,15-16,22H,5-14H2,(H,23,26). The average Bonchev–Trinajstić information content (AvgIpc) is 3.54. The van der Waals surface area contributed by atoms with Gasteiger partial charge in [0.1, 0.15) is 6.54 Å². The van der Waals surface area contributed by atoms with E-state index in [4.69, 9.17) is 0 Å². The van der Waals surface area contributed by atoms with Gasteiger partial charge in [-0.15, -0.1) is 0 Å². The highest BCUT2D eigenvalue weighted by Gasteiger charge is 2.29. The van der Waals surface area contributed by atoms with Crippen LogP contribution < -0.4 is 15.5 Å². The lowest BCUT2D eigenvalue weighted by atomic mass is 10.0. The van der Waals surface area contributed by atoms with Gasteiger partial charge < -0.3 is 20.4 Å². The van der Waals surface area contributed by atoms with E-state index in [0.29, 0.717) is 17.4 Å². The normalized spacial score (nSPS) is 19.9. The summed E-state index contributed by atoms with van der Waals surface area (Å²) in [6, 6.07) is 7.76. The van der Waals surface area contributed by atoms with Crippen LogP contribution in [0, 0.1) is 5.92 Å². The number of benzene rings is 1. The first kappa shape index (κ1) is 18.9. The van der Waals surface area contributed by atoms with Crippen molar-refractivity contribution in [2.24, 2.45) is 5.92 Å². The number of likely N-dealkylation sites (tertiary alicyclic amines) is 1. The second-order valence-electron chi connectivity index (χ2n) is 8.05. The minimum atomic E-state index is -0.209. The van der Waals surface area contributed by atoms with Gasteiger partial charge in [0.15, 0.2) is 0 Å². The fourth-order valence-electron chi connectivity index (χ4n) is 3.95. The molecule has 1 saturated heterocycles. The van der Waals surface area contributed by atoms with E-state index in [0.717, 1.165) is 38.4 Å². The number of carbonyl (C=O) groups excluding carboxylic acids is 3. The van der Waals surface area contributed by atoms with Crippen molar-refractivity contribution < 1.29 is 14.4 Å². The first-order chi connectivity index (χ1) is 13.6. The van der Waals surface area contributed by atoms with Crippen LogP contribution in [0.1, 0.15) is 38.5 Å². The van der Waals surface area contributed by atoms with E-state index in [1.165, 1.54) is 17.7 Å². The van der Waals surface area contributed by atoms with Gasteiger partial charge in [0.05, 0.1) is 11.4 Å². The molecule has 2 fully saturated rings. The summed E-state index contributed by atoms with van der Waals surface area (Å²) in [5.74, 6) is 0.507. The number of rotatable bonds is 6. The molecule has 1 aromatic rings. The molecule has 0 bridgehead atoms. The topological polar surface area (TPSA) is 81.8 Å². The second kappa shape index (κ2) is 8.31. The molecule has 3 aliphatic rings. The monoisotopic (exact) mass is 384 g/mol. The summed E-state index contributed by atoms with van der Waals surface area (Å²) < 4.78 is 0. The Bertz CT molecular complexity index is 754. The summed E-state index contributed by atoms with van der Waals surface area (Å²) in [6.07, 6.45) is 4.97. The maximum absolute atomic E-state index is 12.7. The van der Waals surface area contributed by atoms with Gasteiger partial charge in [0, 0.05) is 32.0 Å². The first-order valence-corrected chi connectivity index (χ1v) is 10.3. The molecule has 0 unspecified atom stereocenters. The maximum atomic E-state index is 12.7. The van der Waals surface area contributed by atoms with Gasteiger partial charge in [-0.2, -0.15) is 0 Å². The van der Waals surface area contributed by atoms with Crippen LogP contribution in [0.25, 0.3) is 0 Å². The number of piperidine rings is 1. The van der Waals surface area contributed by atoms with Gasteiger partial charge in [-0.3, -0.25) is 14.4 Å². The molecule has 4 rings (SSSR count). The Kier molecular flexibility index (Phi) is 5.62. The van der Waals surface area contributed by atoms with E-state index >= 15 is 0 Å². The Labute approximate surface area is 165 Å². The Balaban J connectivity index is 1.25. The van der Waals surface area contributed by atoms with Crippen LogP contribution in [0.3, 0.4) is 0 Å². The SMILES string of the molecule is O=C1CN(C(=O)CCC(=O)N2CCC(NCC3CC3)CC2)c2ccccc2N1. The molecule has 2 N–H and O–H groups in total. The van der Waals surface area contributed by atoms with Gasteiger partial charge in [-0.25, -0.2) is 0 Å². The molecule has 0 radical (unpaired) electrons. The van der Waals surface area contributed by atoms with E-state index in [1.807, 2.05) is 23.1 Å². The molecule has 7 nitrogen and oxygen atoms in total. The zero-order chi connectivity index (χ0) is 19.5. The number of para-hydroxylation sites is 2. The Morgan fingerprint density at radius 3 is 2.50 bits per heavy atom. The molecule has 0 aromatic heterocycles. The van der Waals surface area contributed by atoms with Crippen molar-refractivity contribution in [3.05, 3.63) is 24.3 Å². The zero-order valence-electron chi connectivity index (χ0n) is 16.2. The van der Waals surface area contributed by atoms with Crippen LogP contribution in [-0.4, -0.2) is 54.8 Å². The minimum absolute atomic E-state index is 0.00208. The van der Waals surface area contributed by atoms with Gasteiger partial charge in [0.2, 0.25) is 17.7 Å². The van der Waals surface area contributed by atoms with E-state index in [1.54, 1.807) is 6.07 Å². The summed E-state index contributed by atoms with van der Waals surface area (Å²) >= 11 is 0. The van der Waals surface area contributed by atoms with Crippen molar-refractivity contribution in [2.75, 3.05) is 36.4 Å². The largest absolute Gasteiger partial charge is 0.343 e. The van der Waals surface area contributed by atoms with Crippen molar-refractivity contribution in [1.29, 1.82) is 0 Å². The maximum Gasteiger partial charge on any atom is 0.244 e. The van der Waals surface area contributed by atoms with E-state index in [-0.39, 0.29) is 37.1 Å². The number of carbonyl (C=O) groups is 3. The van der Waals surface area contributed by atoms with E-state index in [2.05, 4.69) is 10.6 Å². The lowest BCUT2D eigenvalue weighted by molar-refractivity contribution is -0.134. The minimum Gasteiger partial charge on any atom is -0.343 e.